The average Bonchev–Trinajstić information content (AvgIpc) is 2.33. The Morgan fingerprint density at radius 2 is 1.40 bits per heavy atom. The quantitative estimate of drug-likeness (QED) is 0.732. The van der Waals surface area contributed by atoms with Crippen molar-refractivity contribution in [2.75, 3.05) is 0 Å². The summed E-state index contributed by atoms with van der Waals surface area (Å²) in [4.78, 5) is 32.1. The van der Waals surface area contributed by atoms with Crippen molar-refractivity contribution < 1.29 is 30.4 Å². The molecule has 1 rings (SSSR count). The molecule has 0 spiro atoms. The van der Waals surface area contributed by atoms with E-state index in [2.05, 4.69) is 0 Å². The summed E-state index contributed by atoms with van der Waals surface area (Å²) in [6.07, 6.45) is 1.66. The van der Waals surface area contributed by atoms with Crippen molar-refractivity contribution in [1.82, 2.24) is 0 Å². The topological polar surface area (TPSA) is 51.2 Å². The molecule has 0 saturated carbocycles. The fraction of sp³-hybridized carbons (Fsp3) is 0. The van der Waals surface area contributed by atoms with Crippen LogP contribution in [0.1, 0.15) is 5.56 Å². The Morgan fingerprint density at radius 3 is 1.87 bits per heavy atom. The Bertz CT molecular complexity index is 362. The Labute approximate surface area is 91.0 Å². The second-order valence-corrected chi connectivity index (χ2v) is 11.7. The van der Waals surface area contributed by atoms with E-state index >= 15 is 0 Å². The van der Waals surface area contributed by atoms with Crippen molar-refractivity contribution in [2.45, 2.75) is 0 Å². The third-order valence-corrected chi connectivity index (χ3v) is 7.57. The van der Waals surface area contributed by atoms with Crippen LogP contribution in [0, 0.1) is 0 Å². The van der Waals surface area contributed by atoms with Crippen LogP contribution >= 0.6 is 0 Å². The number of benzene rings is 1. The van der Waals surface area contributed by atoms with Gasteiger partial charge in [-0.15, -0.1) is 0 Å². The molecule has 0 atom stereocenters. The van der Waals surface area contributed by atoms with E-state index in [1.165, 1.54) is 4.47 Å². The molecule has 0 aliphatic rings. The van der Waals surface area contributed by atoms with Gasteiger partial charge in [0.2, 0.25) is 0 Å². The second kappa shape index (κ2) is 5.52. The molecule has 3 nitrogen and oxygen atoms in total. The minimum absolute atomic E-state index is 0.534. The molecule has 15 heavy (non-hydrogen) atoms. The van der Waals surface area contributed by atoms with Crippen LogP contribution in [0.25, 0.3) is 6.08 Å². The Morgan fingerprint density at radius 1 is 0.867 bits per heavy atom. The summed E-state index contributed by atoms with van der Waals surface area (Å²) in [5, 5.41) is 0. The molecule has 0 N–H and O–H groups in total. The van der Waals surface area contributed by atoms with Crippen molar-refractivity contribution in [2.24, 2.45) is 0 Å². The SMILES string of the molecule is O=[CH][W]([CH]=O)([CH]=O)[CH]=Cc1ccccc1. The van der Waals surface area contributed by atoms with E-state index in [-0.39, 0.29) is 0 Å². The maximum atomic E-state index is 10.7. The van der Waals surface area contributed by atoms with Crippen molar-refractivity contribution in [3.05, 3.63) is 40.4 Å². The van der Waals surface area contributed by atoms with Gasteiger partial charge in [0.15, 0.2) is 0 Å². The van der Waals surface area contributed by atoms with Crippen LogP contribution in [0.3, 0.4) is 0 Å². The summed E-state index contributed by atoms with van der Waals surface area (Å²) >= 11 is -3.86. The van der Waals surface area contributed by atoms with Crippen LogP contribution in [-0.2, 0) is 30.4 Å². The van der Waals surface area contributed by atoms with Gasteiger partial charge in [0.05, 0.1) is 0 Å². The van der Waals surface area contributed by atoms with Crippen molar-refractivity contribution in [1.29, 1.82) is 0 Å². The van der Waals surface area contributed by atoms with Crippen LogP contribution in [0.2, 0.25) is 0 Å². The van der Waals surface area contributed by atoms with Gasteiger partial charge in [0, 0.05) is 0 Å². The van der Waals surface area contributed by atoms with Crippen molar-refractivity contribution in [3.8, 4) is 0 Å². The fourth-order valence-electron chi connectivity index (χ4n) is 0.925. The van der Waals surface area contributed by atoms with Gasteiger partial charge in [-0.05, 0) is 0 Å². The molecule has 0 radical (unpaired) electrons. The van der Waals surface area contributed by atoms with E-state index in [0.29, 0.717) is 14.0 Å². The zero-order chi connectivity index (χ0) is 11.1. The summed E-state index contributed by atoms with van der Waals surface area (Å²) in [7, 11) is 0. The van der Waals surface area contributed by atoms with E-state index in [4.69, 9.17) is 0 Å². The molecule has 0 amide bonds. The molecule has 0 aliphatic heterocycles. The Hall–Kier alpha value is -1.34. The zero-order valence-electron chi connectivity index (χ0n) is 7.91. The number of carbonyl (C=O) groups excluding carboxylic acids is 3. The van der Waals surface area contributed by atoms with Crippen LogP contribution in [0.4, 0.5) is 0 Å². The predicted octanol–water partition coefficient (Wildman–Crippen LogP) is 1.38. The normalized spacial score (nSPS) is 12.3. The Kier molecular flexibility index (Phi) is 4.32. The van der Waals surface area contributed by atoms with Crippen LogP contribution < -0.4 is 0 Å². The minimum atomic E-state index is -3.86. The molecule has 0 bridgehead atoms. The first-order chi connectivity index (χ1) is 7.26. The molecule has 78 valence electrons. The predicted molar refractivity (Wildman–Crippen MR) is 55.7 cm³/mol. The molecule has 0 unspecified atom stereocenters. The summed E-state index contributed by atoms with van der Waals surface area (Å²) in [5.74, 6) is 0. The zero-order valence-corrected chi connectivity index (χ0v) is 10.8. The molecular weight excluding hydrogens is 364 g/mol. The number of rotatable bonds is 5. The number of carbonyl (C=O) groups is 3. The third-order valence-electron chi connectivity index (χ3n) is 1.80. The van der Waals surface area contributed by atoms with Gasteiger partial charge >= 0.3 is 90.9 Å². The molecular formula is C11H10O3W. The van der Waals surface area contributed by atoms with E-state index in [9.17, 15) is 14.4 Å². The molecule has 0 aromatic heterocycles. The standard InChI is InChI=1S/C8H7.3CHO.W/c1-2-8-6-4-3-5-7-8;3*1-2;/h1-7H;3*1H;. The van der Waals surface area contributed by atoms with Gasteiger partial charge in [-0.1, -0.05) is 0 Å². The molecule has 4 heteroatoms. The van der Waals surface area contributed by atoms with E-state index in [0.717, 1.165) is 5.56 Å². The summed E-state index contributed by atoms with van der Waals surface area (Å²) in [6, 6.07) is 9.24. The van der Waals surface area contributed by atoms with Crippen LogP contribution in [0.5, 0.6) is 0 Å². The third kappa shape index (κ3) is 3.07. The monoisotopic (exact) mass is 374 g/mol. The van der Waals surface area contributed by atoms with Gasteiger partial charge < -0.3 is 0 Å². The van der Waals surface area contributed by atoms with Crippen molar-refractivity contribution >= 4 is 20.1 Å². The number of hydrogen-bond donors (Lipinski definition) is 0. The summed E-state index contributed by atoms with van der Waals surface area (Å²) in [5.41, 5.74) is 0.878. The van der Waals surface area contributed by atoms with Crippen LogP contribution in [0.15, 0.2) is 34.8 Å². The molecule has 1 aromatic carbocycles. The van der Waals surface area contributed by atoms with E-state index in [1.807, 2.05) is 30.3 Å². The summed E-state index contributed by atoms with van der Waals surface area (Å²) in [6.45, 7) is 0. The van der Waals surface area contributed by atoms with Gasteiger partial charge in [0.25, 0.3) is 0 Å². The molecule has 0 fully saturated rings. The van der Waals surface area contributed by atoms with E-state index in [1.54, 1.807) is 6.08 Å². The first-order valence-electron chi connectivity index (χ1n) is 4.18. The maximum absolute atomic E-state index is 10.7. The van der Waals surface area contributed by atoms with Gasteiger partial charge in [-0.3, -0.25) is 0 Å². The van der Waals surface area contributed by atoms with Gasteiger partial charge in [-0.25, -0.2) is 0 Å². The second-order valence-electron chi connectivity index (χ2n) is 2.82. The van der Waals surface area contributed by atoms with E-state index < -0.39 is 16.1 Å². The Balaban J connectivity index is 2.93. The van der Waals surface area contributed by atoms with Gasteiger partial charge in [-0.2, -0.15) is 0 Å². The van der Waals surface area contributed by atoms with Crippen LogP contribution in [-0.4, -0.2) is 14.0 Å². The molecule has 1 aromatic rings. The first kappa shape index (κ1) is 11.7. The molecule has 0 heterocycles. The summed E-state index contributed by atoms with van der Waals surface area (Å²) < 4.78 is 3.10. The first-order valence-corrected chi connectivity index (χ1v) is 11.0. The molecule has 0 saturated heterocycles. The van der Waals surface area contributed by atoms with Crippen molar-refractivity contribution in [3.63, 3.8) is 0 Å². The molecule has 0 aliphatic carbocycles. The number of hydrogen-bond acceptors (Lipinski definition) is 3. The van der Waals surface area contributed by atoms with Gasteiger partial charge in [0.1, 0.15) is 0 Å². The average molecular weight is 374 g/mol. The fourth-order valence-corrected chi connectivity index (χ4v) is 3.52.